The first kappa shape index (κ1) is 18.2. The fraction of sp³-hybridized carbons (Fsp3) is 0.650. The molecule has 0 aromatic heterocycles. The minimum absolute atomic E-state index is 0.0180. The highest BCUT2D eigenvalue weighted by molar-refractivity contribution is 5.77. The monoisotopic (exact) mass is 346 g/mol. The maximum absolute atomic E-state index is 12.5. The van der Waals surface area contributed by atoms with Crippen LogP contribution in [0.5, 0.6) is 5.75 Å². The van der Waals surface area contributed by atoms with Crippen LogP contribution in [-0.2, 0) is 16.0 Å². The van der Waals surface area contributed by atoms with Crippen molar-refractivity contribution in [2.24, 2.45) is 0 Å². The highest BCUT2D eigenvalue weighted by Crippen LogP contribution is 2.24. The highest BCUT2D eigenvalue weighted by Gasteiger charge is 2.34. The molecule has 1 aromatic carbocycles. The van der Waals surface area contributed by atoms with E-state index in [0.717, 1.165) is 31.9 Å². The normalized spacial score (nSPS) is 22.1. The molecule has 2 heterocycles. The SMILES string of the molecule is CCc1ccccc1OC1CN(C(=O)CC2CN(C(C)C)CCO2)C1. The van der Waals surface area contributed by atoms with Gasteiger partial charge < -0.3 is 14.4 Å². The number of hydrogen-bond donors (Lipinski definition) is 0. The lowest BCUT2D eigenvalue weighted by Gasteiger charge is -2.41. The van der Waals surface area contributed by atoms with E-state index in [1.165, 1.54) is 5.56 Å². The number of amides is 1. The van der Waals surface area contributed by atoms with E-state index in [0.29, 0.717) is 25.6 Å². The van der Waals surface area contributed by atoms with Crippen LogP contribution >= 0.6 is 0 Å². The summed E-state index contributed by atoms with van der Waals surface area (Å²) >= 11 is 0. The molecule has 2 aliphatic rings. The Balaban J connectivity index is 1.44. The number of carbonyl (C=O) groups is 1. The molecular formula is C20H30N2O3. The van der Waals surface area contributed by atoms with Gasteiger partial charge in [-0.2, -0.15) is 0 Å². The minimum Gasteiger partial charge on any atom is -0.486 e. The largest absolute Gasteiger partial charge is 0.486 e. The molecule has 5 heteroatoms. The molecule has 5 nitrogen and oxygen atoms in total. The van der Waals surface area contributed by atoms with Gasteiger partial charge in [0.2, 0.25) is 5.91 Å². The molecule has 2 saturated heterocycles. The van der Waals surface area contributed by atoms with Crippen molar-refractivity contribution in [3.8, 4) is 5.75 Å². The summed E-state index contributed by atoms with van der Waals surface area (Å²) in [6, 6.07) is 8.64. The summed E-state index contributed by atoms with van der Waals surface area (Å²) in [7, 11) is 0. The zero-order valence-corrected chi connectivity index (χ0v) is 15.6. The molecule has 0 bridgehead atoms. The number of benzene rings is 1. The second-order valence-corrected chi connectivity index (χ2v) is 7.29. The molecule has 138 valence electrons. The molecular weight excluding hydrogens is 316 g/mol. The summed E-state index contributed by atoms with van der Waals surface area (Å²) in [5.41, 5.74) is 1.22. The quantitative estimate of drug-likeness (QED) is 0.793. The van der Waals surface area contributed by atoms with Gasteiger partial charge in [-0.3, -0.25) is 9.69 Å². The van der Waals surface area contributed by atoms with Crippen LogP contribution in [0.25, 0.3) is 0 Å². The third-order valence-electron chi connectivity index (χ3n) is 5.15. The second-order valence-electron chi connectivity index (χ2n) is 7.29. The number of rotatable bonds is 6. The van der Waals surface area contributed by atoms with Crippen LogP contribution < -0.4 is 4.74 Å². The molecule has 0 aliphatic carbocycles. The lowest BCUT2D eigenvalue weighted by Crippen LogP contribution is -2.57. The molecule has 0 saturated carbocycles. The van der Waals surface area contributed by atoms with Gasteiger partial charge in [0.25, 0.3) is 0 Å². The molecule has 1 atom stereocenters. The summed E-state index contributed by atoms with van der Waals surface area (Å²) in [4.78, 5) is 16.7. The first-order chi connectivity index (χ1) is 12.1. The molecule has 25 heavy (non-hydrogen) atoms. The predicted octanol–water partition coefficient (Wildman–Crippen LogP) is 2.34. The molecule has 0 N–H and O–H groups in total. The zero-order valence-electron chi connectivity index (χ0n) is 15.6. The molecule has 3 rings (SSSR count). The predicted molar refractivity (Wildman–Crippen MR) is 97.9 cm³/mol. The fourth-order valence-corrected chi connectivity index (χ4v) is 3.47. The van der Waals surface area contributed by atoms with E-state index in [4.69, 9.17) is 9.47 Å². The van der Waals surface area contributed by atoms with Crippen molar-refractivity contribution < 1.29 is 14.3 Å². The van der Waals surface area contributed by atoms with E-state index in [-0.39, 0.29) is 18.1 Å². The highest BCUT2D eigenvalue weighted by atomic mass is 16.5. The topological polar surface area (TPSA) is 42.0 Å². The summed E-state index contributed by atoms with van der Waals surface area (Å²) in [6.45, 7) is 10.4. The van der Waals surface area contributed by atoms with E-state index in [1.54, 1.807) is 0 Å². The van der Waals surface area contributed by atoms with Gasteiger partial charge >= 0.3 is 0 Å². The number of aryl methyl sites for hydroxylation is 1. The standard InChI is InChI=1S/C20H30N2O3/c1-4-16-7-5-6-8-19(16)25-18-13-22(14-18)20(23)11-17-12-21(15(2)3)9-10-24-17/h5-8,15,17-18H,4,9-14H2,1-3H3. The van der Waals surface area contributed by atoms with Crippen molar-refractivity contribution in [2.75, 3.05) is 32.8 Å². The molecule has 1 amide bonds. The number of hydrogen-bond acceptors (Lipinski definition) is 4. The van der Waals surface area contributed by atoms with E-state index in [9.17, 15) is 4.79 Å². The first-order valence-corrected chi connectivity index (χ1v) is 9.44. The molecule has 1 aromatic rings. The Morgan fingerprint density at radius 1 is 1.28 bits per heavy atom. The molecule has 2 aliphatic heterocycles. The third-order valence-corrected chi connectivity index (χ3v) is 5.15. The molecule has 2 fully saturated rings. The Labute approximate surface area is 150 Å². The van der Waals surface area contributed by atoms with Crippen molar-refractivity contribution >= 4 is 5.91 Å². The molecule has 0 spiro atoms. The number of ether oxygens (including phenoxy) is 2. The van der Waals surface area contributed by atoms with Crippen LogP contribution in [0.1, 0.15) is 32.8 Å². The number of morpholine rings is 1. The fourth-order valence-electron chi connectivity index (χ4n) is 3.47. The van der Waals surface area contributed by atoms with Crippen molar-refractivity contribution in [1.29, 1.82) is 0 Å². The average Bonchev–Trinajstić information content (AvgIpc) is 2.58. The molecule has 0 radical (unpaired) electrons. The Bertz CT molecular complexity index is 584. The summed E-state index contributed by atoms with van der Waals surface area (Å²) < 4.78 is 11.8. The van der Waals surface area contributed by atoms with Crippen LogP contribution in [0.15, 0.2) is 24.3 Å². The van der Waals surface area contributed by atoms with Gasteiger partial charge in [-0.15, -0.1) is 0 Å². The lowest BCUT2D eigenvalue weighted by atomic mass is 10.1. The van der Waals surface area contributed by atoms with Crippen molar-refractivity contribution in [3.63, 3.8) is 0 Å². The minimum atomic E-state index is 0.0180. The van der Waals surface area contributed by atoms with Crippen molar-refractivity contribution in [2.45, 2.75) is 51.9 Å². The Hall–Kier alpha value is -1.59. The lowest BCUT2D eigenvalue weighted by molar-refractivity contribution is -0.145. The van der Waals surface area contributed by atoms with Crippen LogP contribution in [0.3, 0.4) is 0 Å². The number of nitrogens with zero attached hydrogens (tertiary/aromatic N) is 2. The summed E-state index contributed by atoms with van der Waals surface area (Å²) in [6.07, 6.45) is 1.55. The van der Waals surface area contributed by atoms with Crippen LogP contribution in [-0.4, -0.2) is 66.7 Å². The van der Waals surface area contributed by atoms with Crippen molar-refractivity contribution in [3.05, 3.63) is 29.8 Å². The van der Waals surface area contributed by atoms with Crippen LogP contribution in [0.4, 0.5) is 0 Å². The van der Waals surface area contributed by atoms with Gasteiger partial charge in [-0.1, -0.05) is 25.1 Å². The van der Waals surface area contributed by atoms with Gasteiger partial charge in [0.05, 0.1) is 32.2 Å². The first-order valence-electron chi connectivity index (χ1n) is 9.44. The van der Waals surface area contributed by atoms with E-state index in [2.05, 4.69) is 31.7 Å². The molecule has 1 unspecified atom stereocenters. The Morgan fingerprint density at radius 2 is 2.04 bits per heavy atom. The van der Waals surface area contributed by atoms with Gasteiger partial charge in [0.1, 0.15) is 11.9 Å². The number of likely N-dealkylation sites (tertiary alicyclic amines) is 1. The summed E-state index contributed by atoms with van der Waals surface area (Å²) in [5, 5.41) is 0. The maximum Gasteiger partial charge on any atom is 0.225 e. The van der Waals surface area contributed by atoms with Crippen LogP contribution in [0.2, 0.25) is 0 Å². The van der Waals surface area contributed by atoms with Gasteiger partial charge in [-0.25, -0.2) is 0 Å². The average molecular weight is 346 g/mol. The Morgan fingerprint density at radius 3 is 2.76 bits per heavy atom. The van der Waals surface area contributed by atoms with Gasteiger partial charge in [0, 0.05) is 19.1 Å². The van der Waals surface area contributed by atoms with E-state index in [1.807, 2.05) is 23.1 Å². The maximum atomic E-state index is 12.5. The van der Waals surface area contributed by atoms with Gasteiger partial charge in [0.15, 0.2) is 0 Å². The van der Waals surface area contributed by atoms with Gasteiger partial charge in [-0.05, 0) is 31.9 Å². The summed E-state index contributed by atoms with van der Waals surface area (Å²) in [5.74, 6) is 1.13. The second kappa shape index (κ2) is 8.19. The van der Waals surface area contributed by atoms with E-state index < -0.39 is 0 Å². The smallest absolute Gasteiger partial charge is 0.225 e. The number of para-hydroxylation sites is 1. The number of carbonyl (C=O) groups excluding carboxylic acids is 1. The van der Waals surface area contributed by atoms with Crippen LogP contribution in [0, 0.1) is 0 Å². The van der Waals surface area contributed by atoms with E-state index >= 15 is 0 Å². The van der Waals surface area contributed by atoms with Crippen molar-refractivity contribution in [1.82, 2.24) is 9.80 Å². The third kappa shape index (κ3) is 4.53. The Kier molecular flexibility index (Phi) is 5.97. The zero-order chi connectivity index (χ0) is 17.8.